The third kappa shape index (κ3) is 2.70. The zero-order valence-electron chi connectivity index (χ0n) is 14.6. The lowest BCUT2D eigenvalue weighted by Gasteiger charge is -2.34. The van der Waals surface area contributed by atoms with Crippen LogP contribution in [0, 0.1) is 17.2 Å². The number of amides is 1. The fourth-order valence-corrected chi connectivity index (χ4v) is 4.00. The van der Waals surface area contributed by atoms with Crippen molar-refractivity contribution in [2.24, 2.45) is 5.92 Å². The van der Waals surface area contributed by atoms with Gasteiger partial charge in [0.15, 0.2) is 5.54 Å². The second kappa shape index (κ2) is 6.73. The molecule has 0 spiro atoms. The molecule has 0 bridgehead atoms. The van der Waals surface area contributed by atoms with Gasteiger partial charge in [-0.2, -0.15) is 5.26 Å². The third-order valence-corrected chi connectivity index (χ3v) is 5.29. The molecule has 1 aliphatic carbocycles. The number of esters is 1. The Bertz CT molecular complexity index is 960. The molecule has 2 aliphatic rings. The summed E-state index contributed by atoms with van der Waals surface area (Å²) in [6.07, 6.45) is 2.02. The van der Waals surface area contributed by atoms with Gasteiger partial charge in [0.05, 0.1) is 17.6 Å². The van der Waals surface area contributed by atoms with Gasteiger partial charge < -0.3 is 10.1 Å². The van der Waals surface area contributed by atoms with Gasteiger partial charge >= 0.3 is 5.97 Å². The van der Waals surface area contributed by atoms with Crippen molar-refractivity contribution >= 4 is 11.9 Å². The summed E-state index contributed by atoms with van der Waals surface area (Å²) in [5, 5.41) is 12.4. The van der Waals surface area contributed by atoms with Crippen LogP contribution in [0.4, 0.5) is 0 Å². The van der Waals surface area contributed by atoms with Gasteiger partial charge in [-0.3, -0.25) is 4.79 Å². The normalized spacial score (nSPS) is 24.0. The minimum absolute atomic E-state index is 0.346. The number of nitrogens with zero attached hydrogens (tertiary/aromatic N) is 1. The average molecular weight is 358 g/mol. The first-order valence-electron chi connectivity index (χ1n) is 8.95. The molecular weight excluding hydrogens is 340 g/mol. The van der Waals surface area contributed by atoms with Crippen LogP contribution in [0.15, 0.2) is 72.0 Å². The molecular formula is C22H18N2O3. The molecule has 1 fully saturated rings. The summed E-state index contributed by atoms with van der Waals surface area (Å²) in [6, 6.07) is 20.1. The number of carbonyl (C=O) groups excluding carboxylic acids is 2. The number of rotatable bonds is 3. The number of allylic oxidation sites excluding steroid dienone is 1. The van der Waals surface area contributed by atoms with E-state index < -0.39 is 11.5 Å². The van der Waals surface area contributed by atoms with Crippen LogP contribution < -0.4 is 5.32 Å². The summed E-state index contributed by atoms with van der Waals surface area (Å²) in [7, 11) is 0. The molecule has 27 heavy (non-hydrogen) atoms. The molecule has 1 heterocycles. The zero-order chi connectivity index (χ0) is 18.9. The molecule has 0 aromatic heterocycles. The lowest BCUT2D eigenvalue weighted by Crippen LogP contribution is -2.53. The monoisotopic (exact) mass is 358 g/mol. The van der Waals surface area contributed by atoms with Crippen LogP contribution in [0.1, 0.15) is 35.2 Å². The van der Waals surface area contributed by atoms with E-state index in [1.54, 1.807) is 24.3 Å². The van der Waals surface area contributed by atoms with E-state index in [9.17, 15) is 14.9 Å². The van der Waals surface area contributed by atoms with Crippen molar-refractivity contribution in [3.8, 4) is 6.07 Å². The largest absolute Gasteiger partial charge is 0.428 e. The molecule has 5 heteroatoms. The van der Waals surface area contributed by atoms with Crippen molar-refractivity contribution in [3.05, 3.63) is 83.1 Å². The van der Waals surface area contributed by atoms with Gasteiger partial charge in [0.2, 0.25) is 0 Å². The molecule has 1 aliphatic heterocycles. The SMILES string of the molecule is N#CC1=C2OC(=O)[C@@](NC(=O)c3ccccc3)(c3ccccc3)[C@H]2CCC1. The topological polar surface area (TPSA) is 79.2 Å². The van der Waals surface area contributed by atoms with Crippen LogP contribution in [0.2, 0.25) is 0 Å². The summed E-state index contributed by atoms with van der Waals surface area (Å²) in [5.74, 6) is -0.858. The lowest BCUT2D eigenvalue weighted by molar-refractivity contribution is -0.141. The Morgan fingerprint density at radius 3 is 2.44 bits per heavy atom. The summed E-state index contributed by atoms with van der Waals surface area (Å²) < 4.78 is 5.58. The van der Waals surface area contributed by atoms with Crippen LogP contribution in [0.25, 0.3) is 0 Å². The Kier molecular flexibility index (Phi) is 4.25. The number of nitrogens with one attached hydrogen (secondary N) is 1. The maximum atomic E-state index is 13.1. The quantitative estimate of drug-likeness (QED) is 0.853. The number of hydrogen-bond acceptors (Lipinski definition) is 4. The molecule has 0 radical (unpaired) electrons. The summed E-state index contributed by atoms with van der Waals surface area (Å²) in [5.41, 5.74) is 0.297. The lowest BCUT2D eigenvalue weighted by atomic mass is 9.73. The van der Waals surface area contributed by atoms with Crippen molar-refractivity contribution in [3.63, 3.8) is 0 Å². The van der Waals surface area contributed by atoms with E-state index in [-0.39, 0.29) is 11.8 Å². The van der Waals surface area contributed by atoms with Crippen LogP contribution in [0.5, 0.6) is 0 Å². The maximum Gasteiger partial charge on any atom is 0.342 e. The van der Waals surface area contributed by atoms with Gasteiger partial charge in [0.25, 0.3) is 5.91 Å². The van der Waals surface area contributed by atoms with E-state index in [0.717, 1.165) is 6.42 Å². The predicted octanol–water partition coefficient (Wildman–Crippen LogP) is 3.45. The Balaban J connectivity index is 1.85. The standard InChI is InChI=1S/C22H18N2O3/c23-14-16-10-7-13-18-19(16)27-21(26)22(18,17-11-5-2-6-12-17)24-20(25)15-8-3-1-4-9-15/h1-6,8-9,11-12,18H,7,10,13H2,(H,24,25)/t18-,22+/m0/s1. The fourth-order valence-electron chi connectivity index (χ4n) is 4.00. The molecule has 1 saturated heterocycles. The molecule has 1 amide bonds. The first kappa shape index (κ1) is 17.0. The van der Waals surface area contributed by atoms with Gasteiger partial charge in [-0.05, 0) is 37.0 Å². The van der Waals surface area contributed by atoms with E-state index in [4.69, 9.17) is 4.74 Å². The Morgan fingerprint density at radius 2 is 1.78 bits per heavy atom. The number of ether oxygens (including phenoxy) is 1. The second-order valence-corrected chi connectivity index (χ2v) is 6.78. The second-order valence-electron chi connectivity index (χ2n) is 6.78. The molecule has 2 atom stereocenters. The van der Waals surface area contributed by atoms with E-state index in [2.05, 4.69) is 11.4 Å². The Hall–Kier alpha value is -3.39. The number of carbonyl (C=O) groups is 2. The van der Waals surface area contributed by atoms with Gasteiger partial charge in [0, 0.05) is 5.56 Å². The highest BCUT2D eigenvalue weighted by Gasteiger charge is 2.58. The van der Waals surface area contributed by atoms with Crippen molar-refractivity contribution in [1.82, 2.24) is 5.32 Å². The van der Waals surface area contributed by atoms with Gasteiger partial charge in [0.1, 0.15) is 5.76 Å². The van der Waals surface area contributed by atoms with Gasteiger partial charge in [-0.15, -0.1) is 0 Å². The van der Waals surface area contributed by atoms with E-state index in [0.29, 0.717) is 35.3 Å². The summed E-state index contributed by atoms with van der Waals surface area (Å²) in [6.45, 7) is 0. The first-order chi connectivity index (χ1) is 13.2. The molecule has 2 aromatic rings. The van der Waals surface area contributed by atoms with Crippen LogP contribution in [-0.2, 0) is 15.1 Å². The first-order valence-corrected chi connectivity index (χ1v) is 8.95. The summed E-state index contributed by atoms with van der Waals surface area (Å²) in [4.78, 5) is 26.1. The van der Waals surface area contributed by atoms with Crippen LogP contribution >= 0.6 is 0 Å². The predicted molar refractivity (Wildman–Crippen MR) is 98.1 cm³/mol. The molecule has 2 aromatic carbocycles. The number of fused-ring (bicyclic) bond motifs is 1. The highest BCUT2D eigenvalue weighted by atomic mass is 16.5. The zero-order valence-corrected chi connectivity index (χ0v) is 14.6. The van der Waals surface area contributed by atoms with E-state index in [1.165, 1.54) is 0 Å². The highest BCUT2D eigenvalue weighted by molar-refractivity contribution is 6.00. The van der Waals surface area contributed by atoms with Crippen molar-refractivity contribution in [2.75, 3.05) is 0 Å². The summed E-state index contributed by atoms with van der Waals surface area (Å²) >= 11 is 0. The van der Waals surface area contributed by atoms with Crippen LogP contribution in [-0.4, -0.2) is 11.9 Å². The maximum absolute atomic E-state index is 13.1. The van der Waals surface area contributed by atoms with Crippen molar-refractivity contribution in [1.29, 1.82) is 5.26 Å². The third-order valence-electron chi connectivity index (χ3n) is 5.29. The minimum atomic E-state index is -1.33. The van der Waals surface area contributed by atoms with Crippen molar-refractivity contribution < 1.29 is 14.3 Å². The smallest absolute Gasteiger partial charge is 0.342 e. The average Bonchev–Trinajstić information content (AvgIpc) is 3.01. The minimum Gasteiger partial charge on any atom is -0.428 e. The number of benzene rings is 2. The number of nitriles is 1. The Labute approximate surface area is 157 Å². The molecule has 5 nitrogen and oxygen atoms in total. The number of hydrogen-bond donors (Lipinski definition) is 1. The highest BCUT2D eigenvalue weighted by Crippen LogP contribution is 2.49. The molecule has 134 valence electrons. The van der Waals surface area contributed by atoms with Crippen molar-refractivity contribution in [2.45, 2.75) is 24.8 Å². The van der Waals surface area contributed by atoms with Crippen LogP contribution in [0.3, 0.4) is 0 Å². The Morgan fingerprint density at radius 1 is 1.11 bits per heavy atom. The fraction of sp³-hybridized carbons (Fsp3) is 0.227. The molecule has 1 N–H and O–H groups in total. The van der Waals surface area contributed by atoms with Gasteiger partial charge in [-0.25, -0.2) is 4.79 Å². The molecule has 0 unspecified atom stereocenters. The van der Waals surface area contributed by atoms with E-state index in [1.807, 2.05) is 36.4 Å². The molecule has 4 rings (SSSR count). The molecule has 0 saturated carbocycles. The van der Waals surface area contributed by atoms with Gasteiger partial charge in [-0.1, -0.05) is 48.5 Å². The van der Waals surface area contributed by atoms with E-state index >= 15 is 0 Å².